The number of carbonyl (C=O) groups is 1. The van der Waals surface area contributed by atoms with E-state index in [-0.39, 0.29) is 17.6 Å². The molecule has 1 amide bonds. The molecular weight excluding hydrogens is 204 g/mol. The number of phenols is 1. The van der Waals surface area contributed by atoms with Crippen LogP contribution < -0.4 is 10.2 Å². The number of hydrogen-bond acceptors (Lipinski definition) is 3. The summed E-state index contributed by atoms with van der Waals surface area (Å²) in [6.07, 6.45) is 0. The third-order valence-electron chi connectivity index (χ3n) is 2.82. The molecule has 0 aliphatic carbocycles. The summed E-state index contributed by atoms with van der Waals surface area (Å²) < 4.78 is 0. The minimum absolute atomic E-state index is 0.0536. The number of amides is 1. The fraction of sp³-hybridized carbons (Fsp3) is 0.417. The number of nitrogens with zero attached hydrogens (tertiary/aromatic N) is 1. The molecule has 0 saturated carbocycles. The zero-order valence-corrected chi connectivity index (χ0v) is 9.31. The number of nitrogens with one attached hydrogen (secondary N) is 1. The third-order valence-corrected chi connectivity index (χ3v) is 2.82. The van der Waals surface area contributed by atoms with Gasteiger partial charge in [-0.15, -0.1) is 0 Å². The molecule has 0 aromatic heterocycles. The van der Waals surface area contributed by atoms with Crippen LogP contribution >= 0.6 is 0 Å². The molecule has 2 N–H and O–H groups in total. The number of carbonyl (C=O) groups excluding carboxylic acids is 1. The minimum atomic E-state index is -0.0536. The summed E-state index contributed by atoms with van der Waals surface area (Å²) in [5, 5.41) is 12.9. The van der Waals surface area contributed by atoms with E-state index in [1.807, 2.05) is 13.0 Å². The van der Waals surface area contributed by atoms with Crippen LogP contribution in [0, 0.1) is 5.92 Å². The van der Waals surface area contributed by atoms with Gasteiger partial charge in [-0.2, -0.15) is 0 Å². The predicted molar refractivity (Wildman–Crippen MR) is 62.5 cm³/mol. The molecule has 2 rings (SSSR count). The smallest absolute Gasteiger partial charge is 0.231 e. The number of anilines is 1. The van der Waals surface area contributed by atoms with Crippen LogP contribution in [-0.2, 0) is 4.79 Å². The molecule has 1 fully saturated rings. The van der Waals surface area contributed by atoms with Crippen LogP contribution in [-0.4, -0.2) is 30.6 Å². The van der Waals surface area contributed by atoms with Crippen molar-refractivity contribution < 1.29 is 9.90 Å². The second-order valence-electron chi connectivity index (χ2n) is 4.08. The zero-order valence-electron chi connectivity index (χ0n) is 9.31. The van der Waals surface area contributed by atoms with E-state index in [0.717, 1.165) is 6.54 Å². The largest absolute Gasteiger partial charge is 0.506 e. The summed E-state index contributed by atoms with van der Waals surface area (Å²) >= 11 is 0. The van der Waals surface area contributed by atoms with Gasteiger partial charge in [0.25, 0.3) is 0 Å². The molecule has 86 valence electrons. The SMILES string of the molecule is CC1CNCCN(c2ccccc2O)C1=O. The lowest BCUT2D eigenvalue weighted by Crippen LogP contribution is -2.35. The summed E-state index contributed by atoms with van der Waals surface area (Å²) in [7, 11) is 0. The monoisotopic (exact) mass is 220 g/mol. The molecule has 4 heteroatoms. The highest BCUT2D eigenvalue weighted by Crippen LogP contribution is 2.27. The van der Waals surface area contributed by atoms with E-state index in [1.54, 1.807) is 23.1 Å². The van der Waals surface area contributed by atoms with Gasteiger partial charge >= 0.3 is 0 Å². The minimum Gasteiger partial charge on any atom is -0.506 e. The Bertz CT molecular complexity index is 392. The third kappa shape index (κ3) is 2.02. The molecule has 1 aromatic rings. The fourth-order valence-corrected chi connectivity index (χ4v) is 1.90. The van der Waals surface area contributed by atoms with Crippen LogP contribution in [0.4, 0.5) is 5.69 Å². The van der Waals surface area contributed by atoms with E-state index < -0.39 is 0 Å². The van der Waals surface area contributed by atoms with E-state index in [1.165, 1.54) is 0 Å². The lowest BCUT2D eigenvalue weighted by atomic mass is 10.1. The number of rotatable bonds is 1. The van der Waals surface area contributed by atoms with Crippen molar-refractivity contribution in [2.75, 3.05) is 24.5 Å². The second-order valence-corrected chi connectivity index (χ2v) is 4.08. The van der Waals surface area contributed by atoms with Crippen molar-refractivity contribution in [1.29, 1.82) is 0 Å². The van der Waals surface area contributed by atoms with Gasteiger partial charge in [0, 0.05) is 25.6 Å². The van der Waals surface area contributed by atoms with Gasteiger partial charge in [0.15, 0.2) is 0 Å². The molecule has 4 nitrogen and oxygen atoms in total. The molecule has 1 aromatic carbocycles. The molecular formula is C12H16N2O2. The highest BCUT2D eigenvalue weighted by Gasteiger charge is 2.25. The number of aromatic hydroxyl groups is 1. The quantitative estimate of drug-likeness (QED) is 0.741. The first-order valence-electron chi connectivity index (χ1n) is 5.50. The highest BCUT2D eigenvalue weighted by atomic mass is 16.3. The topological polar surface area (TPSA) is 52.6 Å². The average molecular weight is 220 g/mol. The number of phenolic OH excluding ortho intramolecular Hbond substituents is 1. The predicted octanol–water partition coefficient (Wildman–Crippen LogP) is 0.964. The van der Waals surface area contributed by atoms with Gasteiger partial charge in [0.05, 0.1) is 5.69 Å². The Hall–Kier alpha value is -1.55. The van der Waals surface area contributed by atoms with Crippen molar-refractivity contribution in [2.24, 2.45) is 5.92 Å². The van der Waals surface area contributed by atoms with Crippen molar-refractivity contribution in [3.8, 4) is 5.75 Å². The van der Waals surface area contributed by atoms with E-state index >= 15 is 0 Å². The summed E-state index contributed by atoms with van der Waals surface area (Å²) in [6.45, 7) is 3.95. The number of hydrogen-bond donors (Lipinski definition) is 2. The molecule has 1 aliphatic rings. The van der Waals surface area contributed by atoms with E-state index in [4.69, 9.17) is 0 Å². The summed E-state index contributed by atoms with van der Waals surface area (Å²) in [4.78, 5) is 13.7. The van der Waals surface area contributed by atoms with Crippen LogP contribution in [0.15, 0.2) is 24.3 Å². The molecule has 1 unspecified atom stereocenters. The van der Waals surface area contributed by atoms with Crippen molar-refractivity contribution in [3.05, 3.63) is 24.3 Å². The Morgan fingerprint density at radius 3 is 2.94 bits per heavy atom. The maximum atomic E-state index is 12.1. The molecule has 1 saturated heterocycles. The van der Waals surface area contributed by atoms with Gasteiger partial charge in [-0.3, -0.25) is 4.79 Å². The maximum Gasteiger partial charge on any atom is 0.231 e. The Labute approximate surface area is 94.9 Å². The Kier molecular flexibility index (Phi) is 3.10. The molecule has 1 heterocycles. The Balaban J connectivity index is 2.31. The van der Waals surface area contributed by atoms with Crippen LogP contribution in [0.3, 0.4) is 0 Å². The lowest BCUT2D eigenvalue weighted by molar-refractivity contribution is -0.121. The van der Waals surface area contributed by atoms with Gasteiger partial charge in [0.1, 0.15) is 5.75 Å². The van der Waals surface area contributed by atoms with Crippen LogP contribution in [0.25, 0.3) is 0 Å². The van der Waals surface area contributed by atoms with Gasteiger partial charge in [0.2, 0.25) is 5.91 Å². The van der Waals surface area contributed by atoms with Gasteiger partial charge in [-0.25, -0.2) is 0 Å². The van der Waals surface area contributed by atoms with Crippen LogP contribution in [0.5, 0.6) is 5.75 Å². The first-order chi connectivity index (χ1) is 7.70. The fourth-order valence-electron chi connectivity index (χ4n) is 1.90. The summed E-state index contributed by atoms with van der Waals surface area (Å²) in [5.41, 5.74) is 0.600. The number of para-hydroxylation sites is 2. The van der Waals surface area contributed by atoms with Crippen molar-refractivity contribution in [3.63, 3.8) is 0 Å². The molecule has 1 aliphatic heterocycles. The first kappa shape index (κ1) is 11.0. The normalized spacial score (nSPS) is 21.9. The van der Waals surface area contributed by atoms with Crippen molar-refractivity contribution in [2.45, 2.75) is 6.92 Å². The van der Waals surface area contributed by atoms with E-state index in [0.29, 0.717) is 18.8 Å². The maximum absolute atomic E-state index is 12.1. The van der Waals surface area contributed by atoms with Gasteiger partial charge < -0.3 is 15.3 Å². The van der Waals surface area contributed by atoms with Crippen LogP contribution in [0.1, 0.15) is 6.92 Å². The summed E-state index contributed by atoms with van der Waals surface area (Å²) in [5.74, 6) is 0.165. The Morgan fingerprint density at radius 1 is 1.44 bits per heavy atom. The Morgan fingerprint density at radius 2 is 2.19 bits per heavy atom. The van der Waals surface area contributed by atoms with E-state index in [9.17, 15) is 9.90 Å². The summed E-state index contributed by atoms with van der Waals surface area (Å²) in [6, 6.07) is 6.95. The van der Waals surface area contributed by atoms with Gasteiger partial charge in [-0.05, 0) is 12.1 Å². The van der Waals surface area contributed by atoms with Crippen molar-refractivity contribution in [1.82, 2.24) is 5.32 Å². The lowest BCUT2D eigenvalue weighted by Gasteiger charge is -2.23. The van der Waals surface area contributed by atoms with Gasteiger partial charge in [-0.1, -0.05) is 19.1 Å². The molecule has 0 spiro atoms. The average Bonchev–Trinajstić information content (AvgIpc) is 2.44. The number of benzene rings is 1. The molecule has 1 atom stereocenters. The van der Waals surface area contributed by atoms with Crippen molar-refractivity contribution >= 4 is 11.6 Å². The molecule has 16 heavy (non-hydrogen) atoms. The molecule has 0 bridgehead atoms. The second kappa shape index (κ2) is 4.53. The first-order valence-corrected chi connectivity index (χ1v) is 5.50. The zero-order chi connectivity index (χ0) is 11.5. The van der Waals surface area contributed by atoms with E-state index in [2.05, 4.69) is 5.32 Å². The molecule has 0 radical (unpaired) electrons. The highest BCUT2D eigenvalue weighted by molar-refractivity contribution is 5.96. The standard InChI is InChI=1S/C12H16N2O2/c1-9-8-13-6-7-14(12(9)16)10-4-2-3-5-11(10)15/h2-5,9,13,15H,6-8H2,1H3. The van der Waals surface area contributed by atoms with Crippen LogP contribution in [0.2, 0.25) is 0 Å².